The third-order valence-corrected chi connectivity index (χ3v) is 6.99. The van der Waals surface area contributed by atoms with E-state index < -0.39 is 5.41 Å². The predicted octanol–water partition coefficient (Wildman–Crippen LogP) is 5.91. The summed E-state index contributed by atoms with van der Waals surface area (Å²) in [4.78, 5) is 26.6. The first-order chi connectivity index (χ1) is 16.0. The number of allylic oxidation sites excluding steroid dienone is 1. The van der Waals surface area contributed by atoms with Crippen LogP contribution in [-0.4, -0.2) is 24.0 Å². The predicted molar refractivity (Wildman–Crippen MR) is 125 cm³/mol. The Morgan fingerprint density at radius 2 is 1.56 bits per heavy atom. The molecule has 0 aromatic heterocycles. The number of ether oxygens (including phenoxy) is 3. The fourth-order valence-electron chi connectivity index (χ4n) is 5.43. The van der Waals surface area contributed by atoms with Gasteiger partial charge in [0.25, 0.3) is 0 Å². The second-order valence-electron chi connectivity index (χ2n) is 10.6. The first-order valence-electron chi connectivity index (χ1n) is 11.8. The van der Waals surface area contributed by atoms with E-state index in [1.165, 1.54) is 12.1 Å². The topological polar surface area (TPSA) is 61.8 Å². The fraction of sp³-hybridized carbons (Fsp3) is 0.429. The minimum Gasteiger partial charge on any atom is -0.457 e. The van der Waals surface area contributed by atoms with Crippen LogP contribution in [-0.2, 0) is 19.1 Å². The summed E-state index contributed by atoms with van der Waals surface area (Å²) in [5.41, 5.74) is 2.27. The largest absolute Gasteiger partial charge is 0.457 e. The fourth-order valence-corrected chi connectivity index (χ4v) is 5.43. The molecular formula is C28H29FO5. The molecule has 34 heavy (non-hydrogen) atoms. The Hall–Kier alpha value is -2.99. The number of carbonyl (C=O) groups excluding carboxylic acids is 2. The maximum absolute atomic E-state index is 13.7. The lowest BCUT2D eigenvalue weighted by molar-refractivity contribution is -0.149. The third kappa shape index (κ3) is 3.74. The molecule has 2 heterocycles. The number of ketones is 1. The number of benzene rings is 2. The molecule has 0 radical (unpaired) electrons. The van der Waals surface area contributed by atoms with Crippen LogP contribution < -0.4 is 4.74 Å². The van der Waals surface area contributed by atoms with Gasteiger partial charge in [0.05, 0.1) is 35.0 Å². The number of carbonyl (C=O) groups is 2. The molecule has 0 amide bonds. The third-order valence-electron chi connectivity index (χ3n) is 6.99. The number of hydrogen-bond donors (Lipinski definition) is 0. The summed E-state index contributed by atoms with van der Waals surface area (Å²) in [6.45, 7) is 9.25. The molecule has 5 nitrogen and oxygen atoms in total. The lowest BCUT2D eigenvalue weighted by Crippen LogP contribution is -2.31. The van der Waals surface area contributed by atoms with Crippen LogP contribution in [0.15, 0.2) is 42.2 Å². The number of aryl methyl sites for hydroxylation is 2. The molecule has 2 bridgehead atoms. The van der Waals surface area contributed by atoms with Crippen molar-refractivity contribution in [2.24, 2.45) is 17.3 Å². The van der Waals surface area contributed by atoms with E-state index in [0.717, 1.165) is 29.5 Å². The molecule has 2 fully saturated rings. The van der Waals surface area contributed by atoms with Crippen molar-refractivity contribution < 1.29 is 28.2 Å². The first kappa shape index (κ1) is 22.8. The number of fused-ring (bicyclic) bond motifs is 5. The molecule has 2 aliphatic heterocycles. The summed E-state index contributed by atoms with van der Waals surface area (Å²) in [6.07, 6.45) is 1.50. The molecule has 1 aliphatic carbocycles. The van der Waals surface area contributed by atoms with E-state index in [-0.39, 0.29) is 41.6 Å². The van der Waals surface area contributed by atoms with Gasteiger partial charge in [-0.25, -0.2) is 4.39 Å². The van der Waals surface area contributed by atoms with E-state index in [9.17, 15) is 14.0 Å². The van der Waals surface area contributed by atoms with Crippen molar-refractivity contribution in [3.63, 3.8) is 0 Å². The van der Waals surface area contributed by atoms with Crippen molar-refractivity contribution in [3.8, 4) is 11.5 Å². The molecule has 4 atom stereocenters. The van der Waals surface area contributed by atoms with Gasteiger partial charge in [-0.2, -0.15) is 0 Å². The van der Waals surface area contributed by atoms with Crippen molar-refractivity contribution in [2.75, 3.05) is 0 Å². The van der Waals surface area contributed by atoms with Crippen molar-refractivity contribution in [1.29, 1.82) is 0 Å². The number of halogens is 1. The van der Waals surface area contributed by atoms with Gasteiger partial charge in [-0.15, -0.1) is 0 Å². The normalized spacial score (nSPS) is 25.6. The summed E-state index contributed by atoms with van der Waals surface area (Å²) < 4.78 is 31.2. The Labute approximate surface area is 198 Å². The summed E-state index contributed by atoms with van der Waals surface area (Å²) in [6, 6.07) is 9.53. The zero-order valence-electron chi connectivity index (χ0n) is 20.1. The van der Waals surface area contributed by atoms with Crippen molar-refractivity contribution in [3.05, 3.63) is 64.7 Å². The molecule has 5 rings (SSSR count). The molecule has 0 saturated carbocycles. The summed E-state index contributed by atoms with van der Waals surface area (Å²) in [7, 11) is 0. The highest BCUT2D eigenvalue weighted by Gasteiger charge is 2.60. The molecule has 0 unspecified atom stereocenters. The highest BCUT2D eigenvalue weighted by Crippen LogP contribution is 2.55. The van der Waals surface area contributed by atoms with E-state index >= 15 is 0 Å². The smallest absolute Gasteiger partial charge is 0.316 e. The van der Waals surface area contributed by atoms with Gasteiger partial charge >= 0.3 is 5.97 Å². The second kappa shape index (κ2) is 8.05. The van der Waals surface area contributed by atoms with Crippen LogP contribution >= 0.6 is 0 Å². The van der Waals surface area contributed by atoms with Gasteiger partial charge in [0.15, 0.2) is 5.78 Å². The van der Waals surface area contributed by atoms with E-state index in [1.54, 1.807) is 32.9 Å². The van der Waals surface area contributed by atoms with Crippen LogP contribution in [0.3, 0.4) is 0 Å². The summed E-state index contributed by atoms with van der Waals surface area (Å²) >= 11 is 0. The molecule has 3 aliphatic rings. The monoisotopic (exact) mass is 464 g/mol. The maximum Gasteiger partial charge on any atom is 0.316 e. The van der Waals surface area contributed by atoms with E-state index in [1.807, 2.05) is 26.0 Å². The van der Waals surface area contributed by atoms with Gasteiger partial charge in [0.1, 0.15) is 23.1 Å². The zero-order chi connectivity index (χ0) is 24.4. The molecule has 2 aromatic carbocycles. The van der Waals surface area contributed by atoms with Gasteiger partial charge in [-0.05, 0) is 101 Å². The van der Waals surface area contributed by atoms with Gasteiger partial charge in [-0.3, -0.25) is 9.59 Å². The lowest BCUT2D eigenvalue weighted by atomic mass is 9.80. The van der Waals surface area contributed by atoms with Gasteiger partial charge in [-0.1, -0.05) is 0 Å². The van der Waals surface area contributed by atoms with E-state index in [2.05, 4.69) is 0 Å². The van der Waals surface area contributed by atoms with E-state index in [4.69, 9.17) is 14.2 Å². The van der Waals surface area contributed by atoms with Crippen molar-refractivity contribution in [1.82, 2.24) is 0 Å². The molecule has 0 spiro atoms. The molecule has 2 saturated heterocycles. The quantitative estimate of drug-likeness (QED) is 0.526. The number of Topliss-reactive ketones (excluding diaryl/α,β-unsaturated/α-hetero) is 1. The Morgan fingerprint density at radius 3 is 2.15 bits per heavy atom. The Morgan fingerprint density at radius 1 is 0.971 bits per heavy atom. The Bertz CT molecular complexity index is 1180. The molecule has 6 heteroatoms. The number of hydrogen-bond acceptors (Lipinski definition) is 5. The average molecular weight is 465 g/mol. The highest BCUT2D eigenvalue weighted by molar-refractivity contribution is 6.26. The maximum atomic E-state index is 13.7. The van der Waals surface area contributed by atoms with Crippen molar-refractivity contribution >= 4 is 17.3 Å². The zero-order valence-corrected chi connectivity index (χ0v) is 20.1. The average Bonchev–Trinajstić information content (AvgIpc) is 3.43. The standard InChI is InChI=1S/C28H29FO5/c1-14-12-18(32-17-8-6-16(29)7-9-17)13-15(2)21(14)24-25(30)22-19-10-11-20(33-19)23(22)26(24)34-27(31)28(3,4)5/h6-9,12-13,19-20,22-23H,10-11H2,1-5H3/t19-,20+,22-,23+/m0/s1. The lowest BCUT2D eigenvalue weighted by Gasteiger charge is -2.24. The van der Waals surface area contributed by atoms with Gasteiger partial charge in [0.2, 0.25) is 0 Å². The minimum absolute atomic E-state index is 0.00712. The number of rotatable bonds is 4. The first-order valence-corrected chi connectivity index (χ1v) is 11.8. The minimum atomic E-state index is -0.700. The molecular weight excluding hydrogens is 435 g/mol. The highest BCUT2D eigenvalue weighted by atomic mass is 19.1. The number of esters is 1. The van der Waals surface area contributed by atoms with Crippen LogP contribution in [0.1, 0.15) is 50.3 Å². The van der Waals surface area contributed by atoms with Crippen LogP contribution in [0.2, 0.25) is 0 Å². The SMILES string of the molecule is Cc1cc(Oc2ccc(F)cc2)cc(C)c1C1=C(OC(=O)C(C)(C)C)[C@H]2[C@@H](C1=O)[C@@H]1CC[C@H]2O1. The molecule has 2 aromatic rings. The summed E-state index contributed by atoms with van der Waals surface area (Å²) in [5.74, 6) is 0.352. The Balaban J connectivity index is 1.57. The van der Waals surface area contributed by atoms with Crippen LogP contribution in [0, 0.1) is 36.9 Å². The van der Waals surface area contributed by atoms with E-state index in [0.29, 0.717) is 22.8 Å². The molecule has 178 valence electrons. The van der Waals surface area contributed by atoms with Crippen LogP contribution in [0.5, 0.6) is 11.5 Å². The summed E-state index contributed by atoms with van der Waals surface area (Å²) in [5, 5.41) is 0. The molecule has 0 N–H and O–H groups in total. The second-order valence-corrected chi connectivity index (χ2v) is 10.6. The Kier molecular flexibility index (Phi) is 5.40. The van der Waals surface area contributed by atoms with Gasteiger partial charge < -0.3 is 14.2 Å². The van der Waals surface area contributed by atoms with Gasteiger partial charge in [0, 0.05) is 0 Å². The van der Waals surface area contributed by atoms with Crippen LogP contribution in [0.4, 0.5) is 4.39 Å². The van der Waals surface area contributed by atoms with Crippen LogP contribution in [0.25, 0.3) is 5.57 Å². The van der Waals surface area contributed by atoms with Crippen molar-refractivity contribution in [2.45, 2.75) is 59.7 Å².